The zero-order valence-corrected chi connectivity index (χ0v) is 12.9. The maximum atomic E-state index is 12.3. The van der Waals surface area contributed by atoms with Crippen LogP contribution in [0.1, 0.15) is 56.8 Å². The maximum absolute atomic E-state index is 12.3. The molecule has 110 valence electrons. The van der Waals surface area contributed by atoms with Crippen LogP contribution in [-0.4, -0.2) is 23.4 Å². The Morgan fingerprint density at radius 2 is 1.95 bits per heavy atom. The van der Waals surface area contributed by atoms with Crippen LogP contribution in [-0.2, 0) is 4.79 Å². The molecular formula is C17H26N2O. The third kappa shape index (κ3) is 3.21. The van der Waals surface area contributed by atoms with E-state index in [-0.39, 0.29) is 18.1 Å². The van der Waals surface area contributed by atoms with Crippen LogP contribution >= 0.6 is 0 Å². The van der Waals surface area contributed by atoms with Crippen molar-refractivity contribution in [2.24, 2.45) is 0 Å². The number of hydrogen-bond donors (Lipinski definition) is 1. The second-order valence-corrected chi connectivity index (χ2v) is 5.74. The van der Waals surface area contributed by atoms with Gasteiger partial charge in [-0.2, -0.15) is 0 Å². The van der Waals surface area contributed by atoms with Crippen LogP contribution in [0.15, 0.2) is 24.3 Å². The molecule has 1 aromatic carbocycles. The van der Waals surface area contributed by atoms with E-state index in [0.717, 1.165) is 13.0 Å². The molecule has 1 aliphatic heterocycles. The van der Waals surface area contributed by atoms with Gasteiger partial charge in [-0.25, -0.2) is 0 Å². The average Bonchev–Trinajstić information content (AvgIpc) is 2.72. The van der Waals surface area contributed by atoms with Crippen LogP contribution in [0.2, 0.25) is 0 Å². The van der Waals surface area contributed by atoms with E-state index >= 15 is 0 Å². The number of aryl methyl sites for hydroxylation is 1. The van der Waals surface area contributed by atoms with Gasteiger partial charge in [0.2, 0.25) is 5.91 Å². The molecule has 1 aliphatic rings. The molecule has 2 rings (SSSR count). The highest BCUT2D eigenvalue weighted by Gasteiger charge is 2.36. The summed E-state index contributed by atoms with van der Waals surface area (Å²) in [6, 6.07) is 8.25. The van der Waals surface area contributed by atoms with Crippen molar-refractivity contribution >= 4 is 5.91 Å². The Bertz CT molecular complexity index is 458. The monoisotopic (exact) mass is 274 g/mol. The standard InChI is InChI=1S/C17H26N2O/c1-4-5-6-9-12-19-16(18-14(3)17(19)20)15-11-8-7-10-13(15)2/h7-8,10-11,14,16,18H,4-6,9,12H2,1-3H3. The topological polar surface area (TPSA) is 32.3 Å². The van der Waals surface area contributed by atoms with Crippen LogP contribution < -0.4 is 5.32 Å². The summed E-state index contributed by atoms with van der Waals surface area (Å²) in [6.07, 6.45) is 4.82. The van der Waals surface area contributed by atoms with Crippen LogP contribution in [0.3, 0.4) is 0 Å². The highest BCUT2D eigenvalue weighted by atomic mass is 16.2. The number of carbonyl (C=O) groups is 1. The molecule has 0 aliphatic carbocycles. The van der Waals surface area contributed by atoms with Crippen molar-refractivity contribution in [2.45, 2.75) is 58.7 Å². The first-order chi connectivity index (χ1) is 9.65. The van der Waals surface area contributed by atoms with Crippen LogP contribution in [0.4, 0.5) is 0 Å². The van der Waals surface area contributed by atoms with Crippen molar-refractivity contribution in [3.8, 4) is 0 Å². The van der Waals surface area contributed by atoms with E-state index in [9.17, 15) is 4.79 Å². The SMILES string of the molecule is CCCCCCN1C(=O)C(C)NC1c1ccccc1C. The van der Waals surface area contributed by atoms with Gasteiger partial charge in [0.1, 0.15) is 6.17 Å². The van der Waals surface area contributed by atoms with E-state index in [1.807, 2.05) is 24.0 Å². The van der Waals surface area contributed by atoms with E-state index in [1.54, 1.807) is 0 Å². The van der Waals surface area contributed by atoms with Crippen molar-refractivity contribution in [2.75, 3.05) is 6.54 Å². The zero-order chi connectivity index (χ0) is 14.5. The Labute approximate surface area is 122 Å². The summed E-state index contributed by atoms with van der Waals surface area (Å²) in [6.45, 7) is 7.13. The van der Waals surface area contributed by atoms with Gasteiger partial charge in [-0.1, -0.05) is 50.5 Å². The van der Waals surface area contributed by atoms with E-state index in [1.165, 1.54) is 30.4 Å². The van der Waals surface area contributed by atoms with Crippen LogP contribution in [0.25, 0.3) is 0 Å². The Morgan fingerprint density at radius 1 is 1.20 bits per heavy atom. The minimum atomic E-state index is -0.0780. The van der Waals surface area contributed by atoms with Gasteiger partial charge in [-0.05, 0) is 31.4 Å². The van der Waals surface area contributed by atoms with Gasteiger partial charge in [-0.15, -0.1) is 0 Å². The molecule has 1 aromatic rings. The Balaban J connectivity index is 2.10. The molecule has 1 saturated heterocycles. The molecule has 3 heteroatoms. The summed E-state index contributed by atoms with van der Waals surface area (Å²) in [5, 5.41) is 3.43. The fourth-order valence-corrected chi connectivity index (χ4v) is 2.87. The van der Waals surface area contributed by atoms with E-state index in [4.69, 9.17) is 0 Å². The predicted molar refractivity (Wildman–Crippen MR) is 82.4 cm³/mol. The van der Waals surface area contributed by atoms with Gasteiger partial charge in [0, 0.05) is 6.54 Å². The fourth-order valence-electron chi connectivity index (χ4n) is 2.87. The number of unbranched alkanes of at least 4 members (excludes halogenated alkanes) is 3. The number of hydrogen-bond acceptors (Lipinski definition) is 2. The number of rotatable bonds is 6. The lowest BCUT2D eigenvalue weighted by molar-refractivity contribution is -0.129. The second-order valence-electron chi connectivity index (χ2n) is 5.74. The molecule has 0 bridgehead atoms. The molecule has 3 nitrogen and oxygen atoms in total. The third-order valence-corrected chi connectivity index (χ3v) is 4.11. The zero-order valence-electron chi connectivity index (χ0n) is 12.9. The molecule has 0 radical (unpaired) electrons. The summed E-state index contributed by atoms with van der Waals surface area (Å²) in [5.74, 6) is 0.231. The molecule has 2 unspecified atom stereocenters. The quantitative estimate of drug-likeness (QED) is 0.806. The number of nitrogens with zero attached hydrogens (tertiary/aromatic N) is 1. The summed E-state index contributed by atoms with van der Waals surface area (Å²) < 4.78 is 0. The van der Waals surface area contributed by atoms with Crippen molar-refractivity contribution in [3.05, 3.63) is 35.4 Å². The van der Waals surface area contributed by atoms with Crippen molar-refractivity contribution < 1.29 is 4.79 Å². The fraction of sp³-hybridized carbons (Fsp3) is 0.588. The minimum absolute atomic E-state index is 0.0420. The lowest BCUT2D eigenvalue weighted by Gasteiger charge is -2.25. The molecule has 0 saturated carbocycles. The first-order valence-electron chi connectivity index (χ1n) is 7.77. The summed E-state index contributed by atoms with van der Waals surface area (Å²) in [5.41, 5.74) is 2.46. The number of benzene rings is 1. The maximum Gasteiger partial charge on any atom is 0.241 e. The second kappa shape index (κ2) is 6.89. The van der Waals surface area contributed by atoms with E-state index in [0.29, 0.717) is 0 Å². The van der Waals surface area contributed by atoms with Gasteiger partial charge in [0.25, 0.3) is 0 Å². The molecule has 20 heavy (non-hydrogen) atoms. The molecular weight excluding hydrogens is 248 g/mol. The molecule has 0 aromatic heterocycles. The number of nitrogens with one attached hydrogen (secondary N) is 1. The van der Waals surface area contributed by atoms with Gasteiger partial charge in [0.05, 0.1) is 6.04 Å². The lowest BCUT2D eigenvalue weighted by atomic mass is 10.1. The van der Waals surface area contributed by atoms with Crippen molar-refractivity contribution in [1.82, 2.24) is 10.2 Å². The largest absolute Gasteiger partial charge is 0.322 e. The van der Waals surface area contributed by atoms with Gasteiger partial charge in [-0.3, -0.25) is 10.1 Å². The van der Waals surface area contributed by atoms with E-state index < -0.39 is 0 Å². The predicted octanol–water partition coefficient (Wildman–Crippen LogP) is 3.39. The molecule has 0 spiro atoms. The van der Waals surface area contributed by atoms with Crippen molar-refractivity contribution in [1.29, 1.82) is 0 Å². The highest BCUT2D eigenvalue weighted by molar-refractivity contribution is 5.84. The smallest absolute Gasteiger partial charge is 0.241 e. The molecule has 2 atom stereocenters. The summed E-state index contributed by atoms with van der Waals surface area (Å²) in [4.78, 5) is 14.3. The molecule has 1 N–H and O–H groups in total. The summed E-state index contributed by atoms with van der Waals surface area (Å²) in [7, 11) is 0. The Hall–Kier alpha value is -1.35. The minimum Gasteiger partial charge on any atom is -0.322 e. The van der Waals surface area contributed by atoms with Crippen molar-refractivity contribution in [3.63, 3.8) is 0 Å². The average molecular weight is 274 g/mol. The third-order valence-electron chi connectivity index (χ3n) is 4.11. The van der Waals surface area contributed by atoms with Gasteiger partial charge < -0.3 is 4.90 Å². The Kier molecular flexibility index (Phi) is 5.18. The van der Waals surface area contributed by atoms with Crippen LogP contribution in [0.5, 0.6) is 0 Å². The van der Waals surface area contributed by atoms with Gasteiger partial charge >= 0.3 is 0 Å². The molecule has 1 fully saturated rings. The lowest BCUT2D eigenvalue weighted by Crippen LogP contribution is -2.31. The number of amides is 1. The highest BCUT2D eigenvalue weighted by Crippen LogP contribution is 2.27. The normalized spacial score (nSPS) is 22.6. The van der Waals surface area contributed by atoms with Crippen LogP contribution in [0, 0.1) is 6.92 Å². The first kappa shape index (κ1) is 15.0. The van der Waals surface area contributed by atoms with E-state index in [2.05, 4.69) is 31.3 Å². The molecule has 1 amide bonds. The van der Waals surface area contributed by atoms with Gasteiger partial charge in [0.15, 0.2) is 0 Å². The number of carbonyl (C=O) groups excluding carboxylic acids is 1. The molecule has 1 heterocycles. The first-order valence-corrected chi connectivity index (χ1v) is 7.77. The summed E-state index contributed by atoms with van der Waals surface area (Å²) >= 11 is 0. The Morgan fingerprint density at radius 3 is 2.65 bits per heavy atom.